The lowest BCUT2D eigenvalue weighted by Gasteiger charge is -2.08. The molecule has 0 atom stereocenters. The summed E-state index contributed by atoms with van der Waals surface area (Å²) in [5, 5.41) is 12.6. The normalized spacial score (nSPS) is 10.7. The van der Waals surface area contributed by atoms with Crippen LogP contribution in [0.3, 0.4) is 0 Å². The Bertz CT molecular complexity index is 749. The van der Waals surface area contributed by atoms with Crippen molar-refractivity contribution < 1.29 is 0 Å². The Morgan fingerprint density at radius 3 is 2.60 bits per heavy atom. The van der Waals surface area contributed by atoms with Crippen molar-refractivity contribution in [2.45, 2.75) is 6.92 Å². The Balaban J connectivity index is 2.15. The van der Waals surface area contributed by atoms with E-state index in [1.807, 2.05) is 37.3 Å². The van der Waals surface area contributed by atoms with Crippen molar-refractivity contribution in [2.75, 3.05) is 5.73 Å². The fourth-order valence-corrected chi connectivity index (χ4v) is 2.13. The minimum atomic E-state index is 0.650. The second-order valence-electron chi connectivity index (χ2n) is 4.41. The zero-order valence-electron chi connectivity index (χ0n) is 10.8. The molecule has 0 amide bonds. The number of nitrogens with two attached hydrogens (primary N) is 1. The van der Waals surface area contributed by atoms with Gasteiger partial charge in [-0.15, -0.1) is 5.10 Å². The van der Waals surface area contributed by atoms with Crippen LogP contribution in [-0.4, -0.2) is 20.2 Å². The van der Waals surface area contributed by atoms with Gasteiger partial charge in [0, 0.05) is 16.3 Å². The van der Waals surface area contributed by atoms with E-state index >= 15 is 0 Å². The molecule has 6 heteroatoms. The van der Waals surface area contributed by atoms with Crippen molar-refractivity contribution in [3.05, 3.63) is 53.1 Å². The van der Waals surface area contributed by atoms with Gasteiger partial charge in [0.1, 0.15) is 0 Å². The monoisotopic (exact) mass is 285 g/mol. The number of benzene rings is 2. The van der Waals surface area contributed by atoms with Gasteiger partial charge in [-0.05, 0) is 53.2 Å². The van der Waals surface area contributed by atoms with Crippen LogP contribution in [0.1, 0.15) is 5.56 Å². The third kappa shape index (κ3) is 2.12. The van der Waals surface area contributed by atoms with Crippen LogP contribution in [0.2, 0.25) is 5.02 Å². The molecule has 0 saturated heterocycles. The quantitative estimate of drug-likeness (QED) is 0.735. The summed E-state index contributed by atoms with van der Waals surface area (Å²) in [6.45, 7) is 1.95. The summed E-state index contributed by atoms with van der Waals surface area (Å²) in [5.74, 6) is 0.650. The van der Waals surface area contributed by atoms with Gasteiger partial charge in [0.25, 0.3) is 0 Å². The summed E-state index contributed by atoms with van der Waals surface area (Å²) < 4.78 is 1.66. The molecule has 2 N–H and O–H groups in total. The Labute approximate surface area is 121 Å². The summed E-state index contributed by atoms with van der Waals surface area (Å²) in [7, 11) is 0. The van der Waals surface area contributed by atoms with Crippen LogP contribution >= 0.6 is 11.6 Å². The molecule has 0 saturated carbocycles. The van der Waals surface area contributed by atoms with E-state index in [-0.39, 0.29) is 0 Å². The van der Waals surface area contributed by atoms with Crippen molar-refractivity contribution in [1.82, 2.24) is 20.2 Å². The predicted octanol–water partition coefficient (Wildman–Crippen LogP) is 2.87. The van der Waals surface area contributed by atoms with E-state index in [1.165, 1.54) is 0 Å². The van der Waals surface area contributed by atoms with Crippen molar-refractivity contribution in [2.24, 2.45) is 0 Å². The zero-order valence-corrected chi connectivity index (χ0v) is 11.5. The number of nitrogens with zero attached hydrogens (tertiary/aromatic N) is 4. The highest BCUT2D eigenvalue weighted by Gasteiger charge is 2.13. The van der Waals surface area contributed by atoms with Gasteiger partial charge in [-0.2, -0.15) is 4.68 Å². The molecule has 2 aromatic carbocycles. The van der Waals surface area contributed by atoms with Gasteiger partial charge in [-0.25, -0.2) is 0 Å². The Kier molecular flexibility index (Phi) is 3.12. The summed E-state index contributed by atoms with van der Waals surface area (Å²) in [6.07, 6.45) is 0. The van der Waals surface area contributed by atoms with E-state index in [2.05, 4.69) is 15.5 Å². The van der Waals surface area contributed by atoms with E-state index < -0.39 is 0 Å². The first kappa shape index (κ1) is 12.6. The molecule has 0 spiro atoms. The fraction of sp³-hybridized carbons (Fsp3) is 0.0714. The van der Waals surface area contributed by atoms with E-state index in [4.69, 9.17) is 17.3 Å². The largest absolute Gasteiger partial charge is 0.398 e. The lowest BCUT2D eigenvalue weighted by Crippen LogP contribution is -2.01. The maximum Gasteiger partial charge on any atom is 0.187 e. The lowest BCUT2D eigenvalue weighted by molar-refractivity contribution is 0.791. The number of halogens is 1. The number of rotatable bonds is 2. The number of tetrazole rings is 1. The maximum absolute atomic E-state index is 5.94. The maximum atomic E-state index is 5.94. The van der Waals surface area contributed by atoms with Crippen LogP contribution in [0.15, 0.2) is 42.5 Å². The first-order valence-corrected chi connectivity index (χ1v) is 6.44. The average molecular weight is 286 g/mol. The molecule has 0 unspecified atom stereocenters. The van der Waals surface area contributed by atoms with E-state index in [1.54, 1.807) is 16.8 Å². The lowest BCUT2D eigenvalue weighted by atomic mass is 10.1. The Morgan fingerprint density at radius 1 is 1.10 bits per heavy atom. The molecule has 100 valence electrons. The molecule has 0 fully saturated rings. The van der Waals surface area contributed by atoms with Gasteiger partial charge in [-0.3, -0.25) is 0 Å². The van der Waals surface area contributed by atoms with E-state index in [9.17, 15) is 0 Å². The second-order valence-corrected chi connectivity index (χ2v) is 4.85. The highest BCUT2D eigenvalue weighted by Crippen LogP contribution is 2.26. The van der Waals surface area contributed by atoms with Gasteiger partial charge < -0.3 is 5.73 Å². The zero-order chi connectivity index (χ0) is 14.1. The standard InChI is InChI=1S/C14H12ClN5/c1-9-12(3-2-4-13(9)16)14-17-18-19-20(14)11-7-5-10(15)6-8-11/h2-8H,16H2,1H3. The SMILES string of the molecule is Cc1c(N)cccc1-c1nnnn1-c1ccc(Cl)cc1. The molecule has 5 nitrogen and oxygen atoms in total. The summed E-state index contributed by atoms with van der Waals surface area (Å²) in [5.41, 5.74) is 9.36. The predicted molar refractivity (Wildman–Crippen MR) is 78.7 cm³/mol. The van der Waals surface area contributed by atoms with Crippen molar-refractivity contribution >= 4 is 17.3 Å². The molecule has 0 bridgehead atoms. The first-order valence-electron chi connectivity index (χ1n) is 6.06. The third-order valence-corrected chi connectivity index (χ3v) is 3.41. The second kappa shape index (κ2) is 4.94. The van der Waals surface area contributed by atoms with Gasteiger partial charge in [0.15, 0.2) is 5.82 Å². The van der Waals surface area contributed by atoms with Crippen molar-refractivity contribution in [1.29, 1.82) is 0 Å². The molecule has 0 aliphatic rings. The minimum Gasteiger partial charge on any atom is -0.398 e. The number of aromatic nitrogens is 4. The highest BCUT2D eigenvalue weighted by atomic mass is 35.5. The Hall–Kier alpha value is -2.40. The van der Waals surface area contributed by atoms with Crippen LogP contribution < -0.4 is 5.73 Å². The topological polar surface area (TPSA) is 69.6 Å². The molecular weight excluding hydrogens is 274 g/mol. The van der Waals surface area contributed by atoms with Gasteiger partial charge in [0.2, 0.25) is 0 Å². The number of nitrogen functional groups attached to an aromatic ring is 1. The van der Waals surface area contributed by atoms with Crippen LogP contribution in [-0.2, 0) is 0 Å². The minimum absolute atomic E-state index is 0.650. The van der Waals surface area contributed by atoms with Crippen LogP contribution in [0.5, 0.6) is 0 Å². The number of hydrogen-bond donors (Lipinski definition) is 1. The van der Waals surface area contributed by atoms with Crippen LogP contribution in [0.4, 0.5) is 5.69 Å². The molecule has 0 aliphatic heterocycles. The molecule has 3 rings (SSSR count). The molecule has 0 aliphatic carbocycles. The fourth-order valence-electron chi connectivity index (χ4n) is 2.01. The van der Waals surface area contributed by atoms with Crippen molar-refractivity contribution in [3.63, 3.8) is 0 Å². The summed E-state index contributed by atoms with van der Waals surface area (Å²) in [6, 6.07) is 13.0. The molecular formula is C14H12ClN5. The van der Waals surface area contributed by atoms with Gasteiger partial charge in [0.05, 0.1) is 5.69 Å². The number of hydrogen-bond acceptors (Lipinski definition) is 4. The average Bonchev–Trinajstić information content (AvgIpc) is 2.92. The number of anilines is 1. The van der Waals surface area contributed by atoms with Gasteiger partial charge >= 0.3 is 0 Å². The van der Waals surface area contributed by atoms with Crippen molar-refractivity contribution in [3.8, 4) is 17.1 Å². The van der Waals surface area contributed by atoms with Crippen LogP contribution in [0, 0.1) is 6.92 Å². The molecule has 3 aromatic rings. The summed E-state index contributed by atoms with van der Waals surface area (Å²) in [4.78, 5) is 0. The van der Waals surface area contributed by atoms with E-state index in [0.717, 1.165) is 16.8 Å². The van der Waals surface area contributed by atoms with E-state index in [0.29, 0.717) is 16.5 Å². The Morgan fingerprint density at radius 2 is 1.85 bits per heavy atom. The molecule has 1 aromatic heterocycles. The highest BCUT2D eigenvalue weighted by molar-refractivity contribution is 6.30. The first-order chi connectivity index (χ1) is 9.66. The third-order valence-electron chi connectivity index (χ3n) is 3.16. The molecule has 20 heavy (non-hydrogen) atoms. The van der Waals surface area contributed by atoms with Gasteiger partial charge in [-0.1, -0.05) is 23.7 Å². The smallest absolute Gasteiger partial charge is 0.187 e. The summed E-state index contributed by atoms with van der Waals surface area (Å²) >= 11 is 5.90. The van der Waals surface area contributed by atoms with Crippen LogP contribution in [0.25, 0.3) is 17.1 Å². The molecule has 0 radical (unpaired) electrons. The molecule has 1 heterocycles.